The first-order chi connectivity index (χ1) is 17.1. The minimum absolute atomic E-state index is 0.0606. The van der Waals surface area contributed by atoms with Crippen molar-refractivity contribution in [2.24, 2.45) is 5.92 Å². The molecule has 3 rings (SSSR count). The minimum atomic E-state index is -4.40. The molecule has 1 fully saturated rings. The Balaban J connectivity index is 1.77. The molecule has 0 spiro atoms. The second-order valence-electron chi connectivity index (χ2n) is 9.72. The van der Waals surface area contributed by atoms with Gasteiger partial charge in [-0.1, -0.05) is 31.5 Å². The maximum atomic E-state index is 15.0. The molecule has 13 heteroatoms. The number of hydrogen-bond acceptors (Lipinski definition) is 5. The third-order valence-corrected chi connectivity index (χ3v) is 8.85. The van der Waals surface area contributed by atoms with E-state index in [0.717, 1.165) is 19.2 Å². The molecule has 0 bridgehead atoms. The molecule has 0 aliphatic heterocycles. The van der Waals surface area contributed by atoms with Crippen LogP contribution in [0.15, 0.2) is 18.2 Å². The zero-order valence-corrected chi connectivity index (χ0v) is 22.3. The smallest absolute Gasteiger partial charge is 0.388 e. The van der Waals surface area contributed by atoms with Gasteiger partial charge in [-0.3, -0.25) is 9.36 Å². The molecule has 1 unspecified atom stereocenters. The summed E-state index contributed by atoms with van der Waals surface area (Å²) in [4.78, 5) is 17.1. The Morgan fingerprint density at radius 2 is 1.95 bits per heavy atom. The zero-order chi connectivity index (χ0) is 27.8. The number of carbonyl (C=O) groups excluding carboxylic acids is 1. The summed E-state index contributed by atoms with van der Waals surface area (Å²) >= 11 is 6.41. The van der Waals surface area contributed by atoms with Crippen LogP contribution in [0.25, 0.3) is 5.69 Å². The van der Waals surface area contributed by atoms with Crippen molar-refractivity contribution in [3.8, 4) is 5.69 Å². The van der Waals surface area contributed by atoms with Crippen molar-refractivity contribution in [2.75, 3.05) is 12.8 Å². The summed E-state index contributed by atoms with van der Waals surface area (Å²) in [7, 11) is -3.22. The quantitative estimate of drug-likeness (QED) is 0.460. The lowest BCUT2D eigenvalue weighted by molar-refractivity contribution is -0.169. The number of nitrogens with zero attached hydrogens (tertiary/aromatic N) is 2. The first-order valence-corrected chi connectivity index (χ1v) is 14.2. The molecule has 1 heterocycles. The van der Waals surface area contributed by atoms with Gasteiger partial charge in [0.15, 0.2) is 5.69 Å². The molecular formula is C24H30ClF4N3O4S. The summed E-state index contributed by atoms with van der Waals surface area (Å²) in [6, 6.07) is 3.68. The second kappa shape index (κ2) is 10.9. The molecule has 1 aromatic heterocycles. The zero-order valence-electron chi connectivity index (χ0n) is 20.7. The molecule has 1 aromatic carbocycles. The molecular weight excluding hydrogens is 538 g/mol. The normalized spacial score (nSPS) is 21.6. The van der Waals surface area contributed by atoms with Crippen molar-refractivity contribution in [3.63, 3.8) is 0 Å². The van der Waals surface area contributed by atoms with Crippen LogP contribution in [-0.2, 0) is 22.7 Å². The van der Waals surface area contributed by atoms with Crippen LogP contribution in [-0.4, -0.2) is 58.8 Å². The lowest BCUT2D eigenvalue weighted by atomic mass is 9.84. The van der Waals surface area contributed by atoms with Gasteiger partial charge >= 0.3 is 6.18 Å². The molecule has 0 saturated heterocycles. The van der Waals surface area contributed by atoms with E-state index in [4.69, 9.17) is 11.6 Å². The van der Waals surface area contributed by atoms with Crippen LogP contribution in [0.5, 0.6) is 0 Å². The maximum Gasteiger partial charge on any atom is 0.391 e. The molecule has 37 heavy (non-hydrogen) atoms. The van der Waals surface area contributed by atoms with Gasteiger partial charge in [-0.15, -0.1) is 0 Å². The first kappa shape index (κ1) is 29.4. The van der Waals surface area contributed by atoms with Gasteiger partial charge in [0.2, 0.25) is 0 Å². The second-order valence-corrected chi connectivity index (χ2v) is 12.4. The van der Waals surface area contributed by atoms with E-state index in [-0.39, 0.29) is 73.0 Å². The van der Waals surface area contributed by atoms with Crippen LogP contribution in [0.3, 0.4) is 0 Å². The van der Waals surface area contributed by atoms with Crippen LogP contribution in [0.4, 0.5) is 17.6 Å². The number of amides is 1. The van der Waals surface area contributed by atoms with E-state index < -0.39 is 44.5 Å². The van der Waals surface area contributed by atoms with Crippen LogP contribution >= 0.6 is 11.6 Å². The van der Waals surface area contributed by atoms with E-state index in [2.05, 4.69) is 10.3 Å². The van der Waals surface area contributed by atoms with Gasteiger partial charge in [-0.25, -0.2) is 17.8 Å². The van der Waals surface area contributed by atoms with Gasteiger partial charge < -0.3 is 10.4 Å². The Labute approximate surface area is 218 Å². The average molecular weight is 568 g/mol. The molecule has 0 radical (unpaired) electrons. The third-order valence-electron chi connectivity index (χ3n) is 6.82. The number of benzene rings is 1. The molecule has 1 saturated carbocycles. The number of imidazole rings is 1. The van der Waals surface area contributed by atoms with Crippen LogP contribution in [0.1, 0.15) is 61.4 Å². The highest BCUT2D eigenvalue weighted by atomic mass is 35.5. The summed E-state index contributed by atoms with van der Waals surface area (Å²) in [6.07, 6.45) is -2.42. The molecule has 7 nitrogen and oxygen atoms in total. The maximum absolute atomic E-state index is 15.0. The van der Waals surface area contributed by atoms with Crippen LogP contribution in [0, 0.1) is 11.7 Å². The van der Waals surface area contributed by atoms with Crippen LogP contribution < -0.4 is 5.32 Å². The monoisotopic (exact) mass is 567 g/mol. The van der Waals surface area contributed by atoms with Crippen molar-refractivity contribution < 1.29 is 35.9 Å². The van der Waals surface area contributed by atoms with E-state index in [1.807, 2.05) is 0 Å². The van der Waals surface area contributed by atoms with Crippen LogP contribution in [0.2, 0.25) is 5.15 Å². The van der Waals surface area contributed by atoms with Gasteiger partial charge in [-0.05, 0) is 49.8 Å². The fourth-order valence-corrected chi connectivity index (χ4v) is 5.87. The van der Waals surface area contributed by atoms with E-state index in [1.165, 1.54) is 16.7 Å². The number of alkyl halides is 3. The van der Waals surface area contributed by atoms with Crippen molar-refractivity contribution >= 4 is 27.3 Å². The molecule has 2 aromatic rings. The molecule has 1 aliphatic rings. The fraction of sp³-hybridized carbons (Fsp3) is 0.583. The van der Waals surface area contributed by atoms with Crippen molar-refractivity contribution in [3.05, 3.63) is 46.3 Å². The highest BCUT2D eigenvalue weighted by Gasteiger charge is 2.38. The first-order valence-electron chi connectivity index (χ1n) is 11.9. The predicted molar refractivity (Wildman–Crippen MR) is 131 cm³/mol. The Bertz CT molecular complexity index is 1260. The number of rotatable bonds is 8. The summed E-state index contributed by atoms with van der Waals surface area (Å²) in [5, 5.41) is 12.7. The molecule has 206 valence electrons. The van der Waals surface area contributed by atoms with Crippen molar-refractivity contribution in [1.82, 2.24) is 14.9 Å². The van der Waals surface area contributed by atoms with Gasteiger partial charge in [0.1, 0.15) is 26.6 Å². The Kier molecular flexibility index (Phi) is 8.65. The van der Waals surface area contributed by atoms with Crippen molar-refractivity contribution in [2.45, 2.75) is 69.4 Å². The number of aryl methyl sites for hydroxylation is 1. The summed E-state index contributed by atoms with van der Waals surface area (Å²) in [5.74, 6) is -2.90. The van der Waals surface area contributed by atoms with Gasteiger partial charge in [-0.2, -0.15) is 13.2 Å². The molecule has 1 atom stereocenters. The number of nitrogens with one attached hydrogen (secondary N) is 1. The van der Waals surface area contributed by atoms with E-state index in [0.29, 0.717) is 0 Å². The Hall–Kier alpha value is -2.18. The van der Waals surface area contributed by atoms with E-state index in [9.17, 15) is 35.9 Å². The number of halogens is 5. The number of sulfone groups is 1. The highest BCUT2D eigenvalue weighted by molar-refractivity contribution is 7.91. The Morgan fingerprint density at radius 1 is 1.32 bits per heavy atom. The number of hydrogen-bond donors (Lipinski definition) is 2. The van der Waals surface area contributed by atoms with Gasteiger partial charge in [0, 0.05) is 19.2 Å². The molecule has 2 N–H and O–H groups in total. The average Bonchev–Trinajstić information content (AvgIpc) is 3.13. The fourth-order valence-electron chi connectivity index (χ4n) is 4.46. The minimum Gasteiger partial charge on any atom is -0.388 e. The lowest BCUT2D eigenvalue weighted by Gasteiger charge is -2.35. The third kappa shape index (κ3) is 6.83. The Morgan fingerprint density at radius 3 is 2.46 bits per heavy atom. The van der Waals surface area contributed by atoms with E-state index in [1.54, 1.807) is 6.92 Å². The highest BCUT2D eigenvalue weighted by Crippen LogP contribution is 2.33. The molecule has 1 amide bonds. The SMILES string of the molecule is CCc1nc(C(=O)NCC2(O)CCC(S(C)(=O)=O)CC2)c(Cl)n1-c1ccc(CC(C)C(F)(F)F)cc1F. The van der Waals surface area contributed by atoms with Crippen molar-refractivity contribution in [1.29, 1.82) is 0 Å². The summed E-state index contributed by atoms with van der Waals surface area (Å²) in [5.41, 5.74) is -1.37. The molecule has 1 aliphatic carbocycles. The topological polar surface area (TPSA) is 101 Å². The summed E-state index contributed by atoms with van der Waals surface area (Å²) in [6.45, 7) is 2.59. The predicted octanol–water partition coefficient (Wildman–Crippen LogP) is 4.42. The number of carbonyl (C=O) groups is 1. The summed E-state index contributed by atoms with van der Waals surface area (Å²) < 4.78 is 78.3. The van der Waals surface area contributed by atoms with E-state index >= 15 is 0 Å². The largest absolute Gasteiger partial charge is 0.391 e. The standard InChI is InChI=1S/C24H30ClF4N3O4S/c1-4-19-31-20(22(33)30-13-23(34)9-7-16(8-10-23)37(3,35)36)21(25)32(19)18-6-5-15(12-17(18)26)11-14(2)24(27,28)29/h5-6,12,14,16,34H,4,7-11,13H2,1-3H3,(H,30,33). The van der Waals surface area contributed by atoms with Gasteiger partial charge in [0.05, 0.1) is 22.5 Å². The number of aromatic nitrogens is 2. The lowest BCUT2D eigenvalue weighted by Crippen LogP contribution is -2.47. The van der Waals surface area contributed by atoms with Gasteiger partial charge in [0.25, 0.3) is 5.91 Å². The number of aliphatic hydroxyl groups is 1.